The summed E-state index contributed by atoms with van der Waals surface area (Å²) in [6.07, 6.45) is 3.62. The molecule has 0 spiro atoms. The second-order valence-electron chi connectivity index (χ2n) is 9.56. The summed E-state index contributed by atoms with van der Waals surface area (Å²) in [6.45, 7) is 9.37. The van der Waals surface area contributed by atoms with Crippen LogP contribution >= 0.6 is 11.3 Å². The summed E-state index contributed by atoms with van der Waals surface area (Å²) in [6, 6.07) is 1.80. The van der Waals surface area contributed by atoms with Gasteiger partial charge in [0, 0.05) is 17.3 Å². The smallest absolute Gasteiger partial charge is 0.348 e. The van der Waals surface area contributed by atoms with Crippen LogP contribution in [0.15, 0.2) is 6.07 Å². The van der Waals surface area contributed by atoms with Crippen LogP contribution in [0, 0.1) is 11.8 Å². The van der Waals surface area contributed by atoms with Gasteiger partial charge in [-0.25, -0.2) is 14.8 Å². The number of anilines is 1. The Labute approximate surface area is 182 Å². The van der Waals surface area contributed by atoms with Crippen LogP contribution in [0.5, 0.6) is 0 Å². The highest BCUT2D eigenvalue weighted by Crippen LogP contribution is 2.40. The Hall–Kier alpha value is -1.48. The minimum Gasteiger partial charge on any atom is -0.477 e. The van der Waals surface area contributed by atoms with Gasteiger partial charge in [-0.2, -0.15) is 0 Å². The number of hydrogen-bond acceptors (Lipinski definition) is 6. The van der Waals surface area contributed by atoms with Gasteiger partial charge in [0.2, 0.25) is 5.91 Å². The Bertz CT molecular complexity index is 760. The second-order valence-corrected chi connectivity index (χ2v) is 10.6. The van der Waals surface area contributed by atoms with E-state index in [1.807, 2.05) is 31.8 Å². The Morgan fingerprint density at radius 3 is 2.30 bits per heavy atom. The number of aromatic carboxylic acids is 1. The molecule has 2 fully saturated rings. The van der Waals surface area contributed by atoms with Crippen LogP contribution in [0.25, 0.3) is 0 Å². The molecule has 2 aliphatic rings. The highest BCUT2D eigenvalue weighted by atomic mass is 32.1. The van der Waals surface area contributed by atoms with E-state index in [0.717, 1.165) is 30.6 Å². The summed E-state index contributed by atoms with van der Waals surface area (Å²) in [5.41, 5.74) is 0.185. The van der Waals surface area contributed by atoms with E-state index in [1.165, 1.54) is 11.3 Å². The van der Waals surface area contributed by atoms with Crippen LogP contribution in [-0.2, 0) is 14.9 Å². The first-order valence-corrected chi connectivity index (χ1v) is 11.6. The van der Waals surface area contributed by atoms with Gasteiger partial charge in [-0.05, 0) is 43.1 Å². The highest BCUT2D eigenvalue weighted by molar-refractivity contribution is 7.14. The molecule has 1 saturated heterocycles. The lowest BCUT2D eigenvalue weighted by molar-refractivity contribution is -0.132. The van der Waals surface area contributed by atoms with Crippen molar-refractivity contribution in [3.05, 3.63) is 15.8 Å². The largest absolute Gasteiger partial charge is 0.477 e. The number of aliphatic hydroxyl groups excluding tert-OH is 1. The molecule has 0 aromatic carbocycles. The van der Waals surface area contributed by atoms with Crippen molar-refractivity contribution in [2.45, 2.75) is 64.8 Å². The minimum absolute atomic E-state index is 0.0526. The van der Waals surface area contributed by atoms with Crippen LogP contribution in [0.3, 0.4) is 0 Å². The van der Waals surface area contributed by atoms with E-state index in [1.54, 1.807) is 5.01 Å². The number of amides is 1. The molecule has 1 aromatic heterocycles. The first kappa shape index (κ1) is 23.2. The van der Waals surface area contributed by atoms with Crippen molar-refractivity contribution in [3.8, 4) is 0 Å². The Kier molecular flexibility index (Phi) is 7.22. The van der Waals surface area contributed by atoms with Gasteiger partial charge in [0.05, 0.1) is 31.5 Å². The molecule has 0 radical (unpaired) electrons. The molecular weight excluding hydrogens is 404 g/mol. The first-order chi connectivity index (χ1) is 14.1. The second kappa shape index (κ2) is 9.34. The minimum atomic E-state index is -1.03. The average Bonchev–Trinajstić information content (AvgIpc) is 3.07. The topological polar surface area (TPSA) is 90.3 Å². The van der Waals surface area contributed by atoms with Crippen molar-refractivity contribution in [2.24, 2.45) is 11.8 Å². The number of rotatable bonds is 7. The van der Waals surface area contributed by atoms with Gasteiger partial charge in [-0.1, -0.05) is 27.7 Å². The molecule has 1 aliphatic carbocycles. The average molecular weight is 439 g/mol. The van der Waals surface area contributed by atoms with Gasteiger partial charge in [0.15, 0.2) is 0 Å². The lowest BCUT2D eigenvalue weighted by Gasteiger charge is -2.44. The van der Waals surface area contributed by atoms with Gasteiger partial charge < -0.3 is 14.9 Å². The van der Waals surface area contributed by atoms with E-state index in [9.17, 15) is 19.8 Å². The predicted molar refractivity (Wildman–Crippen MR) is 117 cm³/mol. The maximum Gasteiger partial charge on any atom is 0.348 e. The van der Waals surface area contributed by atoms with E-state index >= 15 is 0 Å². The molecule has 30 heavy (non-hydrogen) atoms. The molecule has 0 bridgehead atoms. The van der Waals surface area contributed by atoms with Gasteiger partial charge in [0.25, 0.3) is 0 Å². The highest BCUT2D eigenvalue weighted by Gasteiger charge is 2.40. The fourth-order valence-corrected chi connectivity index (χ4v) is 5.10. The summed E-state index contributed by atoms with van der Waals surface area (Å²) < 4.78 is 5.35. The zero-order chi connectivity index (χ0) is 22.1. The maximum atomic E-state index is 13.8. The molecule has 1 aromatic rings. The number of aliphatic hydroxyl groups is 1. The van der Waals surface area contributed by atoms with E-state index in [0.29, 0.717) is 24.8 Å². The number of carbonyl (C=O) groups excluding carboxylic acids is 1. The van der Waals surface area contributed by atoms with Crippen LogP contribution in [0.1, 0.15) is 67.9 Å². The molecule has 1 saturated carbocycles. The Morgan fingerprint density at radius 1 is 1.20 bits per heavy atom. The summed E-state index contributed by atoms with van der Waals surface area (Å²) in [5, 5.41) is 23.0. The lowest BCUT2D eigenvalue weighted by atomic mass is 9.82. The lowest BCUT2D eigenvalue weighted by Crippen LogP contribution is -2.61. The van der Waals surface area contributed by atoms with Crippen molar-refractivity contribution >= 4 is 28.9 Å². The Balaban J connectivity index is 2.05. The fourth-order valence-electron chi connectivity index (χ4n) is 4.07. The summed E-state index contributed by atoms with van der Waals surface area (Å²) >= 11 is 1.23. The number of carboxylic acid groups (broad SMARTS) is 1. The number of ether oxygens (including phenoxy) is 1. The monoisotopic (exact) mass is 438 g/mol. The molecule has 0 atom stereocenters. The van der Waals surface area contributed by atoms with Gasteiger partial charge in [-0.3, -0.25) is 4.79 Å². The van der Waals surface area contributed by atoms with Crippen LogP contribution in [0.2, 0.25) is 0 Å². The molecule has 3 rings (SSSR count). The van der Waals surface area contributed by atoms with Crippen molar-refractivity contribution in [1.82, 2.24) is 5.01 Å². The van der Waals surface area contributed by atoms with Gasteiger partial charge in [0.1, 0.15) is 4.88 Å². The Morgan fingerprint density at radius 2 is 1.83 bits per heavy atom. The molecule has 7 nitrogen and oxygen atoms in total. The number of carbonyl (C=O) groups is 2. The van der Waals surface area contributed by atoms with Gasteiger partial charge in [-0.15, -0.1) is 11.3 Å². The van der Waals surface area contributed by atoms with Crippen molar-refractivity contribution in [2.75, 3.05) is 31.4 Å². The predicted octanol–water partition coefficient (Wildman–Crippen LogP) is 3.51. The first-order valence-electron chi connectivity index (χ1n) is 10.8. The van der Waals surface area contributed by atoms with E-state index in [-0.39, 0.29) is 41.3 Å². The third-order valence-electron chi connectivity index (χ3n) is 6.08. The molecule has 1 aliphatic heterocycles. The van der Waals surface area contributed by atoms with Crippen molar-refractivity contribution < 1.29 is 24.5 Å². The van der Waals surface area contributed by atoms with Crippen LogP contribution in [-0.4, -0.2) is 59.5 Å². The molecule has 168 valence electrons. The third-order valence-corrected chi connectivity index (χ3v) is 7.61. The van der Waals surface area contributed by atoms with Crippen LogP contribution < -0.4 is 5.01 Å². The normalized spacial score (nSPS) is 22.7. The molecular formula is C22H34N2O5S. The molecule has 1 amide bonds. The number of hydrogen-bond donors (Lipinski definition) is 2. The summed E-state index contributed by atoms with van der Waals surface area (Å²) in [5.74, 6) is -0.625. The molecule has 2 heterocycles. The SMILES string of the molecule is CC1CCC(C(=O)N(c2cc(C(C)(C)C)sc2C(=O)O)N(CCO)C2COC2)CC1. The molecule has 2 N–H and O–H groups in total. The summed E-state index contributed by atoms with van der Waals surface area (Å²) in [4.78, 5) is 27.0. The zero-order valence-corrected chi connectivity index (χ0v) is 19.2. The van der Waals surface area contributed by atoms with E-state index < -0.39 is 5.97 Å². The maximum absolute atomic E-state index is 13.8. The fraction of sp³-hybridized carbons (Fsp3) is 0.727. The quantitative estimate of drug-likeness (QED) is 0.633. The number of carboxylic acids is 1. The zero-order valence-electron chi connectivity index (χ0n) is 18.4. The standard InChI is InChI=1S/C22H34N2O5S/c1-14-5-7-15(8-6-14)20(26)24(23(9-10-25)16-12-29-13-16)17-11-18(22(2,3)4)30-19(17)21(27)28/h11,14-16,25H,5-10,12-13H2,1-4H3,(H,27,28). The number of hydrazine groups is 1. The third kappa shape index (κ3) is 4.88. The number of thiophene rings is 1. The van der Waals surface area contributed by atoms with Crippen molar-refractivity contribution in [3.63, 3.8) is 0 Å². The molecule has 0 unspecified atom stereocenters. The summed E-state index contributed by atoms with van der Waals surface area (Å²) in [7, 11) is 0. The number of nitrogens with zero attached hydrogens (tertiary/aromatic N) is 2. The van der Waals surface area contributed by atoms with Crippen molar-refractivity contribution in [1.29, 1.82) is 0 Å². The van der Waals surface area contributed by atoms with E-state index in [4.69, 9.17) is 4.74 Å². The van der Waals surface area contributed by atoms with Gasteiger partial charge >= 0.3 is 5.97 Å². The molecule has 8 heteroatoms. The van der Waals surface area contributed by atoms with Crippen LogP contribution in [0.4, 0.5) is 5.69 Å². The van der Waals surface area contributed by atoms with E-state index in [2.05, 4.69) is 6.92 Å².